The molecule has 3 rings (SSSR count). The van der Waals surface area contributed by atoms with Gasteiger partial charge in [-0.1, -0.05) is 0 Å². The summed E-state index contributed by atoms with van der Waals surface area (Å²) >= 11 is 0. The van der Waals surface area contributed by atoms with Gasteiger partial charge in [0.15, 0.2) is 5.76 Å². The van der Waals surface area contributed by atoms with Crippen LogP contribution in [0, 0.1) is 12.7 Å². The molecule has 2 heterocycles. The number of carbonyl (C=O) groups is 1. The minimum absolute atomic E-state index is 0.198. The minimum atomic E-state index is -0.383. The van der Waals surface area contributed by atoms with Gasteiger partial charge in [0.2, 0.25) is 0 Å². The van der Waals surface area contributed by atoms with Crippen molar-refractivity contribution in [2.75, 3.05) is 5.32 Å². The van der Waals surface area contributed by atoms with Crippen LogP contribution in [0.2, 0.25) is 0 Å². The Morgan fingerprint density at radius 3 is 2.90 bits per heavy atom. The van der Waals surface area contributed by atoms with E-state index >= 15 is 0 Å². The fourth-order valence-electron chi connectivity index (χ4n) is 2.03. The smallest absolute Gasteiger partial charge is 0.291 e. The average molecular weight is 270 g/mol. The highest BCUT2D eigenvalue weighted by Crippen LogP contribution is 2.24. The molecule has 0 aliphatic rings. The van der Waals surface area contributed by atoms with Crippen LogP contribution < -0.4 is 5.32 Å². The van der Waals surface area contributed by atoms with Crippen LogP contribution in [0.1, 0.15) is 16.2 Å². The number of carbonyl (C=O) groups excluding carboxylic acids is 1. The lowest BCUT2D eigenvalue weighted by Crippen LogP contribution is -2.11. The van der Waals surface area contributed by atoms with Crippen LogP contribution in [-0.2, 0) is 0 Å². The Balaban J connectivity index is 2.06. The third kappa shape index (κ3) is 2.25. The van der Waals surface area contributed by atoms with E-state index in [4.69, 9.17) is 4.42 Å². The summed E-state index contributed by atoms with van der Waals surface area (Å²) in [6.07, 6.45) is 1.42. The highest BCUT2D eigenvalue weighted by Gasteiger charge is 2.12. The molecular weight excluding hydrogens is 259 g/mol. The number of hydrogen-bond donors (Lipinski definition) is 1. The number of nitrogens with one attached hydrogen (secondary N) is 1. The average Bonchev–Trinajstić information content (AvgIpc) is 2.93. The molecule has 0 fully saturated rings. The number of benzene rings is 1. The van der Waals surface area contributed by atoms with Gasteiger partial charge in [-0.25, -0.2) is 4.39 Å². The zero-order chi connectivity index (χ0) is 14.1. The van der Waals surface area contributed by atoms with Crippen LogP contribution in [0.25, 0.3) is 10.9 Å². The van der Waals surface area contributed by atoms with Crippen LogP contribution >= 0.6 is 0 Å². The quantitative estimate of drug-likeness (QED) is 0.775. The molecule has 3 aromatic rings. The summed E-state index contributed by atoms with van der Waals surface area (Å²) < 4.78 is 18.4. The number of amides is 1. The maximum absolute atomic E-state index is 13.4. The molecule has 5 heteroatoms. The van der Waals surface area contributed by atoms with E-state index < -0.39 is 0 Å². The number of anilines is 1. The number of aromatic nitrogens is 1. The Labute approximate surface area is 114 Å². The van der Waals surface area contributed by atoms with E-state index in [0.717, 1.165) is 5.69 Å². The predicted molar refractivity (Wildman–Crippen MR) is 73.1 cm³/mol. The van der Waals surface area contributed by atoms with Crippen molar-refractivity contribution >= 4 is 22.5 Å². The molecule has 4 nitrogen and oxygen atoms in total. The maximum atomic E-state index is 13.4. The number of pyridine rings is 1. The third-order valence-electron chi connectivity index (χ3n) is 2.89. The first-order valence-corrected chi connectivity index (χ1v) is 6.05. The van der Waals surface area contributed by atoms with E-state index in [9.17, 15) is 9.18 Å². The number of halogens is 1. The first-order valence-electron chi connectivity index (χ1n) is 6.05. The molecule has 20 heavy (non-hydrogen) atoms. The molecule has 0 aliphatic carbocycles. The van der Waals surface area contributed by atoms with E-state index in [0.29, 0.717) is 16.6 Å². The van der Waals surface area contributed by atoms with Crippen molar-refractivity contribution in [2.24, 2.45) is 0 Å². The van der Waals surface area contributed by atoms with Crippen molar-refractivity contribution in [2.45, 2.75) is 6.92 Å². The Morgan fingerprint density at radius 2 is 2.15 bits per heavy atom. The van der Waals surface area contributed by atoms with E-state index in [1.54, 1.807) is 24.3 Å². The summed E-state index contributed by atoms with van der Waals surface area (Å²) in [5.41, 5.74) is 1.87. The monoisotopic (exact) mass is 270 g/mol. The molecule has 0 saturated carbocycles. The molecule has 2 aromatic heterocycles. The first kappa shape index (κ1) is 12.3. The van der Waals surface area contributed by atoms with Gasteiger partial charge in [-0.15, -0.1) is 0 Å². The molecule has 0 aliphatic heterocycles. The molecule has 1 aromatic carbocycles. The summed E-state index contributed by atoms with van der Waals surface area (Å²) in [4.78, 5) is 16.3. The van der Waals surface area contributed by atoms with Crippen molar-refractivity contribution in [1.82, 2.24) is 4.98 Å². The molecule has 1 N–H and O–H groups in total. The van der Waals surface area contributed by atoms with Crippen molar-refractivity contribution < 1.29 is 13.6 Å². The lowest BCUT2D eigenvalue weighted by Gasteiger charge is -2.09. The minimum Gasteiger partial charge on any atom is -0.459 e. The van der Waals surface area contributed by atoms with Crippen LogP contribution in [0.5, 0.6) is 0 Å². The van der Waals surface area contributed by atoms with Gasteiger partial charge in [0.1, 0.15) is 5.82 Å². The fourth-order valence-corrected chi connectivity index (χ4v) is 2.03. The SMILES string of the molecule is Cc1cc(NC(=O)c2ccco2)c2cc(F)ccc2n1. The van der Waals surface area contributed by atoms with E-state index in [2.05, 4.69) is 10.3 Å². The molecule has 0 radical (unpaired) electrons. The number of rotatable bonds is 2. The van der Waals surface area contributed by atoms with Gasteiger partial charge in [0.05, 0.1) is 17.5 Å². The van der Waals surface area contributed by atoms with E-state index in [1.165, 1.54) is 18.4 Å². The van der Waals surface area contributed by atoms with E-state index in [-0.39, 0.29) is 17.5 Å². The Bertz CT molecular complexity index is 782. The zero-order valence-corrected chi connectivity index (χ0v) is 10.7. The fraction of sp³-hybridized carbons (Fsp3) is 0.0667. The number of nitrogens with zero attached hydrogens (tertiary/aromatic N) is 1. The summed E-state index contributed by atoms with van der Waals surface area (Å²) in [5, 5.41) is 3.27. The third-order valence-corrected chi connectivity index (χ3v) is 2.89. The van der Waals surface area contributed by atoms with Gasteiger partial charge in [0.25, 0.3) is 5.91 Å². The Hall–Kier alpha value is -2.69. The van der Waals surface area contributed by atoms with Crippen LogP contribution in [0.3, 0.4) is 0 Å². The second-order valence-corrected chi connectivity index (χ2v) is 4.40. The summed E-state index contributed by atoms with van der Waals surface area (Å²) in [6, 6.07) is 9.16. The van der Waals surface area contributed by atoms with Crippen LogP contribution in [0.4, 0.5) is 10.1 Å². The lowest BCUT2D eigenvalue weighted by molar-refractivity contribution is 0.0997. The number of aryl methyl sites for hydroxylation is 1. The van der Waals surface area contributed by atoms with Gasteiger partial charge in [-0.05, 0) is 43.3 Å². The first-order chi connectivity index (χ1) is 9.63. The van der Waals surface area contributed by atoms with Crippen molar-refractivity contribution in [1.29, 1.82) is 0 Å². The molecule has 0 spiro atoms. The number of furan rings is 1. The normalized spacial score (nSPS) is 10.7. The maximum Gasteiger partial charge on any atom is 0.291 e. The summed E-state index contributed by atoms with van der Waals surface area (Å²) in [7, 11) is 0. The molecular formula is C15H11FN2O2. The van der Waals surface area contributed by atoms with Crippen molar-refractivity contribution in [3.05, 3.63) is 59.9 Å². The van der Waals surface area contributed by atoms with Gasteiger partial charge in [-0.3, -0.25) is 9.78 Å². The van der Waals surface area contributed by atoms with E-state index in [1.807, 2.05) is 6.92 Å². The van der Waals surface area contributed by atoms with Gasteiger partial charge < -0.3 is 9.73 Å². The van der Waals surface area contributed by atoms with Crippen LogP contribution in [0.15, 0.2) is 47.1 Å². The number of hydrogen-bond acceptors (Lipinski definition) is 3. The van der Waals surface area contributed by atoms with Gasteiger partial charge in [0, 0.05) is 11.1 Å². The second-order valence-electron chi connectivity index (χ2n) is 4.40. The van der Waals surface area contributed by atoms with Crippen LogP contribution in [-0.4, -0.2) is 10.9 Å². The van der Waals surface area contributed by atoms with Gasteiger partial charge >= 0.3 is 0 Å². The Morgan fingerprint density at radius 1 is 1.30 bits per heavy atom. The lowest BCUT2D eigenvalue weighted by atomic mass is 10.1. The molecule has 0 atom stereocenters. The predicted octanol–water partition coefficient (Wildman–Crippen LogP) is 3.53. The highest BCUT2D eigenvalue weighted by molar-refractivity contribution is 6.07. The topological polar surface area (TPSA) is 55.1 Å². The van der Waals surface area contributed by atoms with Crippen molar-refractivity contribution in [3.8, 4) is 0 Å². The summed E-state index contributed by atoms with van der Waals surface area (Å²) in [6.45, 7) is 1.81. The molecule has 0 bridgehead atoms. The van der Waals surface area contributed by atoms with Gasteiger partial charge in [-0.2, -0.15) is 0 Å². The zero-order valence-electron chi connectivity index (χ0n) is 10.7. The molecule has 0 saturated heterocycles. The van der Waals surface area contributed by atoms with Crippen molar-refractivity contribution in [3.63, 3.8) is 0 Å². The molecule has 0 unspecified atom stereocenters. The number of fused-ring (bicyclic) bond motifs is 1. The molecule has 100 valence electrons. The molecule has 1 amide bonds. The highest BCUT2D eigenvalue weighted by atomic mass is 19.1. The second kappa shape index (κ2) is 4.77. The summed E-state index contributed by atoms with van der Waals surface area (Å²) in [5.74, 6) is -0.563. The standard InChI is InChI=1S/C15H11FN2O2/c1-9-7-13(18-15(19)14-3-2-6-20-14)11-8-10(16)4-5-12(11)17-9/h2-8H,1H3,(H,17,18,19). The Kier molecular flexibility index (Phi) is 2.95. The largest absolute Gasteiger partial charge is 0.459 e.